The third-order valence-corrected chi connectivity index (χ3v) is 5.45. The number of amides is 1. The Hall–Kier alpha value is -1.51. The summed E-state index contributed by atoms with van der Waals surface area (Å²) in [7, 11) is 1.69. The zero-order chi connectivity index (χ0) is 15.4. The molecule has 0 heterocycles. The van der Waals surface area contributed by atoms with E-state index in [0.29, 0.717) is 6.04 Å². The van der Waals surface area contributed by atoms with Crippen LogP contribution in [0.3, 0.4) is 0 Å². The second-order valence-electron chi connectivity index (χ2n) is 6.80. The van der Waals surface area contributed by atoms with Crippen molar-refractivity contribution < 1.29 is 9.53 Å². The van der Waals surface area contributed by atoms with Crippen molar-refractivity contribution in [3.05, 3.63) is 29.8 Å². The molecule has 0 spiro atoms. The topological polar surface area (TPSA) is 38.3 Å². The van der Waals surface area contributed by atoms with Crippen LogP contribution in [0.4, 0.5) is 0 Å². The van der Waals surface area contributed by atoms with Crippen LogP contribution in [0.5, 0.6) is 5.75 Å². The summed E-state index contributed by atoms with van der Waals surface area (Å²) in [6, 6.07) is 8.37. The number of hydrogen-bond acceptors (Lipinski definition) is 2. The molecule has 0 bridgehead atoms. The number of methoxy groups -OCH3 is 1. The first kappa shape index (κ1) is 15.4. The maximum absolute atomic E-state index is 13.0. The molecular formula is C19H27NO2. The van der Waals surface area contributed by atoms with Crippen molar-refractivity contribution in [2.75, 3.05) is 7.11 Å². The van der Waals surface area contributed by atoms with Crippen LogP contribution in [0.2, 0.25) is 0 Å². The summed E-state index contributed by atoms with van der Waals surface area (Å²) in [4.78, 5) is 13.0. The quantitative estimate of drug-likeness (QED) is 0.855. The number of carbonyl (C=O) groups is 1. The van der Waals surface area contributed by atoms with Gasteiger partial charge in [-0.2, -0.15) is 0 Å². The lowest BCUT2D eigenvalue weighted by molar-refractivity contribution is -0.130. The van der Waals surface area contributed by atoms with E-state index in [0.717, 1.165) is 43.4 Å². The summed E-state index contributed by atoms with van der Waals surface area (Å²) >= 11 is 0. The van der Waals surface area contributed by atoms with Gasteiger partial charge in [0.1, 0.15) is 5.75 Å². The smallest absolute Gasteiger partial charge is 0.231 e. The molecule has 0 saturated heterocycles. The number of carbonyl (C=O) groups excluding carboxylic acids is 1. The monoisotopic (exact) mass is 301 g/mol. The summed E-state index contributed by atoms with van der Waals surface area (Å²) in [5.41, 5.74) is 0.703. The second kappa shape index (κ2) is 6.72. The summed E-state index contributed by atoms with van der Waals surface area (Å²) in [6.07, 6.45) is 10.4. The number of para-hydroxylation sites is 1. The van der Waals surface area contributed by atoms with E-state index in [1.165, 1.54) is 25.7 Å². The molecule has 0 unspecified atom stereocenters. The Morgan fingerprint density at radius 3 is 2.36 bits per heavy atom. The molecule has 2 aliphatic carbocycles. The molecule has 22 heavy (non-hydrogen) atoms. The van der Waals surface area contributed by atoms with Crippen LogP contribution < -0.4 is 10.1 Å². The predicted octanol–water partition coefficient (Wildman–Crippen LogP) is 3.96. The minimum Gasteiger partial charge on any atom is -0.496 e. The number of rotatable bonds is 4. The summed E-state index contributed by atoms with van der Waals surface area (Å²) < 4.78 is 5.51. The van der Waals surface area contributed by atoms with Crippen LogP contribution in [-0.4, -0.2) is 19.1 Å². The predicted molar refractivity (Wildman–Crippen MR) is 88.2 cm³/mol. The molecule has 3 heteroatoms. The van der Waals surface area contributed by atoms with E-state index in [1.54, 1.807) is 7.11 Å². The van der Waals surface area contributed by atoms with Crippen molar-refractivity contribution in [1.29, 1.82) is 0 Å². The first-order valence-corrected chi connectivity index (χ1v) is 8.71. The fourth-order valence-electron chi connectivity index (χ4n) is 3.94. The Balaban J connectivity index is 1.78. The van der Waals surface area contributed by atoms with Gasteiger partial charge in [0, 0.05) is 11.6 Å². The standard InChI is InChI=1S/C19H27NO2/c1-22-17-12-7-6-11-16(17)19(13-8-14-19)18(21)20-15-9-4-2-3-5-10-15/h6-7,11-12,15H,2-5,8-10,13-14H2,1H3,(H,20,21). The molecular weight excluding hydrogens is 274 g/mol. The molecule has 0 aromatic heterocycles. The fourth-order valence-corrected chi connectivity index (χ4v) is 3.94. The van der Waals surface area contributed by atoms with Crippen LogP contribution in [0, 0.1) is 0 Å². The van der Waals surface area contributed by atoms with Gasteiger partial charge in [-0.3, -0.25) is 4.79 Å². The Bertz CT molecular complexity index is 514. The van der Waals surface area contributed by atoms with Gasteiger partial charge in [-0.05, 0) is 31.7 Å². The molecule has 1 aromatic carbocycles. The van der Waals surface area contributed by atoms with Crippen LogP contribution >= 0.6 is 0 Å². The van der Waals surface area contributed by atoms with Gasteiger partial charge in [0.15, 0.2) is 0 Å². The highest BCUT2D eigenvalue weighted by Gasteiger charge is 2.47. The van der Waals surface area contributed by atoms with E-state index in [1.807, 2.05) is 18.2 Å². The maximum atomic E-state index is 13.0. The Morgan fingerprint density at radius 2 is 1.77 bits per heavy atom. The lowest BCUT2D eigenvalue weighted by atomic mass is 9.63. The van der Waals surface area contributed by atoms with Gasteiger partial charge in [0.2, 0.25) is 5.91 Å². The summed E-state index contributed by atoms with van der Waals surface area (Å²) in [6.45, 7) is 0. The molecule has 1 aromatic rings. The van der Waals surface area contributed by atoms with E-state index in [9.17, 15) is 4.79 Å². The third-order valence-electron chi connectivity index (χ3n) is 5.45. The normalized spacial score (nSPS) is 21.5. The molecule has 1 amide bonds. The van der Waals surface area contributed by atoms with E-state index in [-0.39, 0.29) is 11.3 Å². The largest absolute Gasteiger partial charge is 0.496 e. The van der Waals surface area contributed by atoms with Gasteiger partial charge in [-0.15, -0.1) is 0 Å². The lowest BCUT2D eigenvalue weighted by Crippen LogP contribution is -2.52. The highest BCUT2D eigenvalue weighted by molar-refractivity contribution is 5.90. The van der Waals surface area contributed by atoms with Crippen LogP contribution in [0.15, 0.2) is 24.3 Å². The van der Waals surface area contributed by atoms with E-state index in [2.05, 4.69) is 11.4 Å². The molecule has 1 N–H and O–H groups in total. The van der Waals surface area contributed by atoms with Gasteiger partial charge < -0.3 is 10.1 Å². The minimum absolute atomic E-state index is 0.218. The van der Waals surface area contributed by atoms with Crippen molar-refractivity contribution in [2.24, 2.45) is 0 Å². The molecule has 0 atom stereocenters. The molecule has 120 valence electrons. The molecule has 2 fully saturated rings. The van der Waals surface area contributed by atoms with Gasteiger partial charge in [0.25, 0.3) is 0 Å². The highest BCUT2D eigenvalue weighted by Crippen LogP contribution is 2.47. The maximum Gasteiger partial charge on any atom is 0.231 e. The first-order chi connectivity index (χ1) is 10.8. The van der Waals surface area contributed by atoms with Gasteiger partial charge >= 0.3 is 0 Å². The second-order valence-corrected chi connectivity index (χ2v) is 6.80. The average Bonchev–Trinajstić information content (AvgIpc) is 2.75. The molecule has 0 radical (unpaired) electrons. The van der Waals surface area contributed by atoms with Gasteiger partial charge in [-0.25, -0.2) is 0 Å². The number of hydrogen-bond donors (Lipinski definition) is 1. The zero-order valence-corrected chi connectivity index (χ0v) is 13.6. The van der Waals surface area contributed by atoms with Gasteiger partial charge in [0.05, 0.1) is 12.5 Å². The number of benzene rings is 1. The molecule has 2 aliphatic rings. The van der Waals surface area contributed by atoms with E-state index >= 15 is 0 Å². The summed E-state index contributed by atoms with van der Waals surface area (Å²) in [5, 5.41) is 3.36. The molecule has 0 aliphatic heterocycles. The molecule has 2 saturated carbocycles. The first-order valence-electron chi connectivity index (χ1n) is 8.71. The average molecular weight is 301 g/mol. The van der Waals surface area contributed by atoms with Crippen molar-refractivity contribution >= 4 is 5.91 Å². The SMILES string of the molecule is COc1ccccc1C1(C(=O)NC2CCCCCC2)CCC1. The zero-order valence-electron chi connectivity index (χ0n) is 13.6. The Kier molecular flexibility index (Phi) is 4.70. The fraction of sp³-hybridized carbons (Fsp3) is 0.632. The van der Waals surface area contributed by atoms with E-state index < -0.39 is 0 Å². The minimum atomic E-state index is -0.362. The summed E-state index contributed by atoms with van der Waals surface area (Å²) in [5.74, 6) is 1.06. The number of ether oxygens (including phenoxy) is 1. The van der Waals surface area contributed by atoms with Crippen molar-refractivity contribution in [3.63, 3.8) is 0 Å². The third kappa shape index (κ3) is 2.86. The Labute approximate surface area is 133 Å². The Morgan fingerprint density at radius 1 is 1.09 bits per heavy atom. The van der Waals surface area contributed by atoms with Crippen LogP contribution in [0.1, 0.15) is 63.4 Å². The number of nitrogens with one attached hydrogen (secondary N) is 1. The molecule has 3 rings (SSSR count). The van der Waals surface area contributed by atoms with Crippen LogP contribution in [-0.2, 0) is 10.2 Å². The van der Waals surface area contributed by atoms with Gasteiger partial charge in [-0.1, -0.05) is 50.3 Å². The molecule has 3 nitrogen and oxygen atoms in total. The van der Waals surface area contributed by atoms with Crippen LogP contribution in [0.25, 0.3) is 0 Å². The lowest BCUT2D eigenvalue weighted by Gasteiger charge is -2.42. The van der Waals surface area contributed by atoms with E-state index in [4.69, 9.17) is 4.74 Å². The highest BCUT2D eigenvalue weighted by atomic mass is 16.5. The van der Waals surface area contributed by atoms with Crippen molar-refractivity contribution in [2.45, 2.75) is 69.2 Å². The van der Waals surface area contributed by atoms with Crippen molar-refractivity contribution in [3.8, 4) is 5.75 Å². The van der Waals surface area contributed by atoms with Crippen molar-refractivity contribution in [1.82, 2.24) is 5.32 Å².